The molecule has 2 nitrogen and oxygen atoms in total. The van der Waals surface area contributed by atoms with E-state index in [0.29, 0.717) is 6.04 Å². The largest absolute Gasteiger partial charge is 0.494 e. The smallest absolute Gasteiger partial charge is 0.124 e. The maximum absolute atomic E-state index is 5.70. The van der Waals surface area contributed by atoms with Gasteiger partial charge in [0.05, 0.1) is 6.61 Å². The van der Waals surface area contributed by atoms with E-state index in [0.717, 1.165) is 18.9 Å². The molecular weight excluding hydrogens is 246 g/mol. The van der Waals surface area contributed by atoms with Gasteiger partial charge in [0.1, 0.15) is 5.75 Å². The first-order valence-corrected chi connectivity index (χ1v) is 7.94. The second kappa shape index (κ2) is 8.11. The lowest BCUT2D eigenvalue weighted by molar-refractivity contribution is 0.332. The molecule has 0 bridgehead atoms. The first kappa shape index (κ1) is 15.1. The molecule has 1 aliphatic rings. The number of hydrogen-bond donors (Lipinski definition) is 1. The normalized spacial score (nSPS) is 16.6. The molecule has 0 spiro atoms. The van der Waals surface area contributed by atoms with Crippen LogP contribution in [0.1, 0.15) is 57.6 Å². The van der Waals surface area contributed by atoms with Gasteiger partial charge in [-0.15, -0.1) is 0 Å². The van der Waals surface area contributed by atoms with Gasteiger partial charge in [-0.1, -0.05) is 29.8 Å². The van der Waals surface area contributed by atoms with Crippen LogP contribution in [0, 0.1) is 0 Å². The van der Waals surface area contributed by atoms with Crippen molar-refractivity contribution in [2.75, 3.05) is 13.2 Å². The van der Waals surface area contributed by atoms with Crippen LogP contribution >= 0.6 is 0 Å². The second-order valence-corrected chi connectivity index (χ2v) is 5.50. The summed E-state index contributed by atoms with van der Waals surface area (Å²) in [6, 6.07) is 8.67. The lowest BCUT2D eigenvalue weighted by atomic mass is 9.97. The Kier molecular flexibility index (Phi) is 6.13. The molecule has 1 atom stereocenters. The Bertz CT molecular complexity index is 439. The van der Waals surface area contributed by atoms with Crippen molar-refractivity contribution in [3.05, 3.63) is 41.5 Å². The average Bonchev–Trinajstić information content (AvgIpc) is 2.49. The van der Waals surface area contributed by atoms with E-state index in [1.165, 1.54) is 37.7 Å². The van der Waals surface area contributed by atoms with Gasteiger partial charge in [-0.2, -0.15) is 0 Å². The summed E-state index contributed by atoms with van der Waals surface area (Å²) < 4.78 is 5.70. The molecule has 110 valence electrons. The first-order chi connectivity index (χ1) is 9.81. The molecule has 1 aliphatic carbocycles. The standard InChI is InChI=1S/C18H27NO/c1-3-20-18-12-8-7-11-17(18)15(2)19-14-13-16-9-5-4-6-10-16/h7-9,11-12,15,19H,3-6,10,13-14H2,1-2H3. The first-order valence-electron chi connectivity index (χ1n) is 7.94. The molecule has 1 N–H and O–H groups in total. The predicted octanol–water partition coefficient (Wildman–Crippen LogP) is 4.63. The number of nitrogens with one attached hydrogen (secondary N) is 1. The van der Waals surface area contributed by atoms with Crippen LogP contribution in [-0.4, -0.2) is 13.2 Å². The maximum atomic E-state index is 5.70. The minimum atomic E-state index is 0.335. The lowest BCUT2D eigenvalue weighted by Crippen LogP contribution is -2.21. The third-order valence-corrected chi connectivity index (χ3v) is 3.97. The summed E-state index contributed by atoms with van der Waals surface area (Å²) in [6.07, 6.45) is 8.93. The molecule has 0 fully saturated rings. The van der Waals surface area contributed by atoms with Crippen LogP contribution in [0.15, 0.2) is 35.9 Å². The van der Waals surface area contributed by atoms with Gasteiger partial charge in [0.15, 0.2) is 0 Å². The van der Waals surface area contributed by atoms with Crippen molar-refractivity contribution in [1.82, 2.24) is 5.32 Å². The molecule has 0 aromatic heterocycles. The third-order valence-electron chi connectivity index (χ3n) is 3.97. The van der Waals surface area contributed by atoms with Crippen molar-refractivity contribution in [3.8, 4) is 5.75 Å². The predicted molar refractivity (Wildman–Crippen MR) is 85.2 cm³/mol. The zero-order valence-corrected chi connectivity index (χ0v) is 12.8. The van der Waals surface area contributed by atoms with Crippen molar-refractivity contribution in [2.45, 2.75) is 52.0 Å². The molecule has 0 saturated heterocycles. The van der Waals surface area contributed by atoms with Gasteiger partial charge in [0.2, 0.25) is 0 Å². The summed E-state index contributed by atoms with van der Waals surface area (Å²) in [7, 11) is 0. The number of hydrogen-bond acceptors (Lipinski definition) is 2. The third kappa shape index (κ3) is 4.38. The van der Waals surface area contributed by atoms with Crippen molar-refractivity contribution in [1.29, 1.82) is 0 Å². The van der Waals surface area contributed by atoms with Gasteiger partial charge in [0, 0.05) is 11.6 Å². The Hall–Kier alpha value is -1.28. The van der Waals surface area contributed by atoms with Crippen LogP contribution in [0.2, 0.25) is 0 Å². The van der Waals surface area contributed by atoms with Crippen LogP contribution in [0.5, 0.6) is 5.75 Å². The van der Waals surface area contributed by atoms with E-state index in [2.05, 4.69) is 36.5 Å². The molecule has 2 rings (SSSR count). The molecule has 1 unspecified atom stereocenters. The van der Waals surface area contributed by atoms with Crippen LogP contribution < -0.4 is 10.1 Å². The highest BCUT2D eigenvalue weighted by Gasteiger charge is 2.11. The number of rotatable bonds is 7. The van der Waals surface area contributed by atoms with Crippen molar-refractivity contribution in [3.63, 3.8) is 0 Å². The molecule has 0 amide bonds. The fourth-order valence-electron chi connectivity index (χ4n) is 2.82. The number of para-hydroxylation sites is 1. The molecule has 0 radical (unpaired) electrons. The highest BCUT2D eigenvalue weighted by atomic mass is 16.5. The Balaban J connectivity index is 1.85. The van der Waals surface area contributed by atoms with E-state index in [-0.39, 0.29) is 0 Å². The molecule has 1 aromatic rings. The van der Waals surface area contributed by atoms with Gasteiger partial charge in [0.25, 0.3) is 0 Å². The Morgan fingerprint density at radius 1 is 1.25 bits per heavy atom. The van der Waals surface area contributed by atoms with E-state index < -0.39 is 0 Å². The van der Waals surface area contributed by atoms with E-state index in [9.17, 15) is 0 Å². The SMILES string of the molecule is CCOc1ccccc1C(C)NCCC1=CCCCC1. The average molecular weight is 273 g/mol. The Labute approximate surface area is 123 Å². The number of ether oxygens (including phenoxy) is 1. The molecule has 20 heavy (non-hydrogen) atoms. The lowest BCUT2D eigenvalue weighted by Gasteiger charge is -2.19. The van der Waals surface area contributed by atoms with Gasteiger partial charge in [-0.25, -0.2) is 0 Å². The molecule has 0 saturated carbocycles. The zero-order chi connectivity index (χ0) is 14.2. The summed E-state index contributed by atoms with van der Waals surface area (Å²) in [5.74, 6) is 1.01. The summed E-state index contributed by atoms with van der Waals surface area (Å²) >= 11 is 0. The highest BCUT2D eigenvalue weighted by molar-refractivity contribution is 5.35. The maximum Gasteiger partial charge on any atom is 0.124 e. The number of benzene rings is 1. The van der Waals surface area contributed by atoms with Gasteiger partial charge in [-0.05, 0) is 58.6 Å². The number of allylic oxidation sites excluding steroid dienone is 1. The van der Waals surface area contributed by atoms with Gasteiger partial charge >= 0.3 is 0 Å². The summed E-state index contributed by atoms with van der Waals surface area (Å²) in [5, 5.41) is 3.62. The van der Waals surface area contributed by atoms with Crippen LogP contribution in [0.25, 0.3) is 0 Å². The van der Waals surface area contributed by atoms with Crippen molar-refractivity contribution >= 4 is 0 Å². The zero-order valence-electron chi connectivity index (χ0n) is 12.8. The fraction of sp³-hybridized carbons (Fsp3) is 0.556. The Morgan fingerprint density at radius 3 is 2.85 bits per heavy atom. The molecule has 0 heterocycles. The van der Waals surface area contributed by atoms with Crippen LogP contribution in [0.4, 0.5) is 0 Å². The molecule has 2 heteroatoms. The van der Waals surface area contributed by atoms with E-state index >= 15 is 0 Å². The van der Waals surface area contributed by atoms with Crippen molar-refractivity contribution < 1.29 is 4.74 Å². The quantitative estimate of drug-likeness (QED) is 0.732. The highest BCUT2D eigenvalue weighted by Crippen LogP contribution is 2.25. The fourth-order valence-corrected chi connectivity index (χ4v) is 2.82. The van der Waals surface area contributed by atoms with Crippen LogP contribution in [-0.2, 0) is 0 Å². The Morgan fingerprint density at radius 2 is 2.10 bits per heavy atom. The van der Waals surface area contributed by atoms with E-state index in [4.69, 9.17) is 4.74 Å². The second-order valence-electron chi connectivity index (χ2n) is 5.50. The summed E-state index contributed by atoms with van der Waals surface area (Å²) in [6.45, 7) is 6.02. The van der Waals surface area contributed by atoms with Crippen molar-refractivity contribution in [2.24, 2.45) is 0 Å². The molecular formula is C18H27NO. The topological polar surface area (TPSA) is 21.3 Å². The minimum absolute atomic E-state index is 0.335. The summed E-state index contributed by atoms with van der Waals surface area (Å²) in [5.41, 5.74) is 2.89. The van der Waals surface area contributed by atoms with Gasteiger partial charge < -0.3 is 10.1 Å². The van der Waals surface area contributed by atoms with Gasteiger partial charge in [-0.3, -0.25) is 0 Å². The van der Waals surface area contributed by atoms with Crippen LogP contribution in [0.3, 0.4) is 0 Å². The molecule has 1 aromatic carbocycles. The molecule has 0 aliphatic heterocycles. The van der Waals surface area contributed by atoms with E-state index in [1.54, 1.807) is 5.57 Å². The summed E-state index contributed by atoms with van der Waals surface area (Å²) in [4.78, 5) is 0. The minimum Gasteiger partial charge on any atom is -0.494 e. The van der Waals surface area contributed by atoms with E-state index in [1.807, 2.05) is 13.0 Å². The monoisotopic (exact) mass is 273 g/mol.